The monoisotopic (exact) mass is 376 g/mol. The predicted octanol–water partition coefficient (Wildman–Crippen LogP) is 3.11. The number of nitrogens with zero attached hydrogens (tertiary/aromatic N) is 1. The summed E-state index contributed by atoms with van der Waals surface area (Å²) in [5.41, 5.74) is 2.96. The van der Waals surface area contributed by atoms with Crippen molar-refractivity contribution in [2.45, 2.75) is 20.8 Å². The van der Waals surface area contributed by atoms with Crippen LogP contribution in [0.2, 0.25) is 0 Å². The van der Waals surface area contributed by atoms with Crippen molar-refractivity contribution in [3.8, 4) is 5.75 Å². The number of ether oxygens (including phenoxy) is 1. The average Bonchev–Trinajstić information content (AvgIpc) is 2.56. The van der Waals surface area contributed by atoms with Gasteiger partial charge in [-0.3, -0.25) is 9.10 Å². The highest BCUT2D eigenvalue weighted by molar-refractivity contribution is 7.92. The van der Waals surface area contributed by atoms with Gasteiger partial charge in [0.2, 0.25) is 15.9 Å². The number of benzene rings is 2. The summed E-state index contributed by atoms with van der Waals surface area (Å²) in [5, 5.41) is 2.81. The van der Waals surface area contributed by atoms with Crippen molar-refractivity contribution in [3.05, 3.63) is 53.6 Å². The van der Waals surface area contributed by atoms with Crippen LogP contribution in [0.15, 0.2) is 42.5 Å². The number of rotatable bonds is 7. The van der Waals surface area contributed by atoms with Gasteiger partial charge in [0.25, 0.3) is 0 Å². The number of carbonyl (C=O) groups excluding carboxylic acids is 1. The van der Waals surface area contributed by atoms with Gasteiger partial charge in [0.05, 0.1) is 18.6 Å². The van der Waals surface area contributed by atoms with Crippen LogP contribution in [-0.2, 0) is 14.8 Å². The number of sulfonamides is 1. The number of amides is 1. The van der Waals surface area contributed by atoms with Gasteiger partial charge in [0.15, 0.2) is 0 Å². The van der Waals surface area contributed by atoms with Crippen LogP contribution in [-0.4, -0.2) is 33.7 Å². The van der Waals surface area contributed by atoms with E-state index in [-0.39, 0.29) is 6.54 Å². The third kappa shape index (κ3) is 4.98. The standard InChI is InChI=1S/C19H24N2O4S/c1-5-25-17-11-9-16(10-12-17)21(26(4,23)24)13-18(22)20-19-14(2)7-6-8-15(19)3/h6-12H,5,13H2,1-4H3,(H,20,22). The first-order chi connectivity index (χ1) is 12.2. The highest BCUT2D eigenvalue weighted by atomic mass is 32.2. The molecular formula is C19H24N2O4S. The Morgan fingerprint density at radius 3 is 2.15 bits per heavy atom. The Morgan fingerprint density at radius 1 is 1.08 bits per heavy atom. The molecule has 0 aliphatic heterocycles. The summed E-state index contributed by atoms with van der Waals surface area (Å²) in [6.07, 6.45) is 1.08. The topological polar surface area (TPSA) is 75.7 Å². The van der Waals surface area contributed by atoms with Gasteiger partial charge >= 0.3 is 0 Å². The Labute approximate surface area is 154 Å². The molecular weight excluding hydrogens is 352 g/mol. The summed E-state index contributed by atoms with van der Waals surface area (Å²) < 4.78 is 30.8. The fraction of sp³-hybridized carbons (Fsp3) is 0.316. The molecule has 2 aromatic rings. The Morgan fingerprint density at radius 2 is 1.65 bits per heavy atom. The maximum Gasteiger partial charge on any atom is 0.245 e. The summed E-state index contributed by atoms with van der Waals surface area (Å²) >= 11 is 0. The van der Waals surface area contributed by atoms with Crippen molar-refractivity contribution in [3.63, 3.8) is 0 Å². The SMILES string of the molecule is CCOc1ccc(N(CC(=O)Nc2c(C)cccc2C)S(C)(=O)=O)cc1. The first-order valence-electron chi connectivity index (χ1n) is 8.29. The van der Waals surface area contributed by atoms with Crippen molar-refractivity contribution in [1.82, 2.24) is 0 Å². The molecule has 0 unspecified atom stereocenters. The Hall–Kier alpha value is -2.54. The van der Waals surface area contributed by atoms with E-state index in [1.54, 1.807) is 24.3 Å². The lowest BCUT2D eigenvalue weighted by Gasteiger charge is -2.22. The zero-order valence-corrected chi connectivity index (χ0v) is 16.3. The minimum Gasteiger partial charge on any atom is -0.494 e. The number of carbonyl (C=O) groups is 1. The smallest absolute Gasteiger partial charge is 0.245 e. The molecule has 140 valence electrons. The van der Waals surface area contributed by atoms with Crippen molar-refractivity contribution in [2.24, 2.45) is 0 Å². The van der Waals surface area contributed by atoms with Crippen molar-refractivity contribution in [2.75, 3.05) is 29.0 Å². The van der Waals surface area contributed by atoms with Gasteiger partial charge < -0.3 is 10.1 Å². The van der Waals surface area contributed by atoms with E-state index in [1.165, 1.54) is 0 Å². The second-order valence-corrected chi connectivity index (χ2v) is 7.92. The highest BCUT2D eigenvalue weighted by Gasteiger charge is 2.21. The van der Waals surface area contributed by atoms with Gasteiger partial charge in [-0.2, -0.15) is 0 Å². The molecule has 2 aromatic carbocycles. The predicted molar refractivity (Wildman–Crippen MR) is 104 cm³/mol. The molecule has 1 amide bonds. The molecule has 2 rings (SSSR count). The molecule has 26 heavy (non-hydrogen) atoms. The second-order valence-electron chi connectivity index (χ2n) is 6.01. The van der Waals surface area contributed by atoms with E-state index >= 15 is 0 Å². The fourth-order valence-electron chi connectivity index (χ4n) is 2.60. The van der Waals surface area contributed by atoms with Gasteiger partial charge in [-0.15, -0.1) is 0 Å². The van der Waals surface area contributed by atoms with Crippen LogP contribution >= 0.6 is 0 Å². The van der Waals surface area contributed by atoms with Crippen LogP contribution in [0.25, 0.3) is 0 Å². The van der Waals surface area contributed by atoms with Gasteiger partial charge in [-0.1, -0.05) is 18.2 Å². The van der Waals surface area contributed by atoms with Gasteiger partial charge in [-0.05, 0) is 56.2 Å². The summed E-state index contributed by atoms with van der Waals surface area (Å²) in [7, 11) is -3.62. The summed E-state index contributed by atoms with van der Waals surface area (Å²) in [5.74, 6) is 0.242. The molecule has 0 fully saturated rings. The number of hydrogen-bond donors (Lipinski definition) is 1. The molecule has 0 radical (unpaired) electrons. The van der Waals surface area contributed by atoms with Crippen LogP contribution in [0.3, 0.4) is 0 Å². The Balaban J connectivity index is 2.22. The fourth-order valence-corrected chi connectivity index (χ4v) is 3.45. The van der Waals surface area contributed by atoms with Crippen LogP contribution in [0, 0.1) is 13.8 Å². The third-order valence-electron chi connectivity index (χ3n) is 3.87. The molecule has 0 bridgehead atoms. The lowest BCUT2D eigenvalue weighted by molar-refractivity contribution is -0.114. The molecule has 0 saturated heterocycles. The molecule has 6 nitrogen and oxygen atoms in total. The van der Waals surface area contributed by atoms with E-state index in [9.17, 15) is 13.2 Å². The molecule has 0 saturated carbocycles. The van der Waals surface area contributed by atoms with Crippen molar-refractivity contribution < 1.29 is 17.9 Å². The number of nitrogens with one attached hydrogen (secondary N) is 1. The van der Waals surface area contributed by atoms with E-state index in [0.29, 0.717) is 23.7 Å². The normalized spacial score (nSPS) is 11.1. The molecule has 0 heterocycles. The van der Waals surface area contributed by atoms with E-state index in [2.05, 4.69) is 5.32 Å². The summed E-state index contributed by atoms with van der Waals surface area (Å²) in [6.45, 7) is 5.87. The van der Waals surface area contributed by atoms with Crippen molar-refractivity contribution in [1.29, 1.82) is 0 Å². The molecule has 0 aliphatic carbocycles. The molecule has 0 atom stereocenters. The zero-order chi connectivity index (χ0) is 19.3. The molecule has 1 N–H and O–H groups in total. The Bertz CT molecular complexity index is 857. The average molecular weight is 376 g/mol. The summed E-state index contributed by atoms with van der Waals surface area (Å²) in [6, 6.07) is 12.3. The van der Waals surface area contributed by atoms with Crippen LogP contribution < -0.4 is 14.4 Å². The number of anilines is 2. The van der Waals surface area contributed by atoms with Gasteiger partial charge in [-0.25, -0.2) is 8.42 Å². The minimum absolute atomic E-state index is 0.305. The maximum absolute atomic E-state index is 12.5. The van der Waals surface area contributed by atoms with E-state index < -0.39 is 15.9 Å². The first-order valence-corrected chi connectivity index (χ1v) is 10.1. The lowest BCUT2D eigenvalue weighted by atomic mass is 10.1. The molecule has 0 aromatic heterocycles. The van der Waals surface area contributed by atoms with Gasteiger partial charge in [0, 0.05) is 5.69 Å². The number of para-hydroxylation sites is 1. The van der Waals surface area contributed by atoms with E-state index in [4.69, 9.17) is 4.74 Å². The maximum atomic E-state index is 12.5. The first kappa shape index (κ1) is 19.8. The molecule has 0 aliphatic rings. The quantitative estimate of drug-likeness (QED) is 0.806. The second kappa shape index (κ2) is 8.23. The molecule has 7 heteroatoms. The van der Waals surface area contributed by atoms with E-state index in [0.717, 1.165) is 21.7 Å². The number of aryl methyl sites for hydroxylation is 2. The largest absolute Gasteiger partial charge is 0.494 e. The summed E-state index contributed by atoms with van der Waals surface area (Å²) in [4.78, 5) is 12.5. The van der Waals surface area contributed by atoms with Crippen LogP contribution in [0.1, 0.15) is 18.1 Å². The van der Waals surface area contributed by atoms with Crippen LogP contribution in [0.5, 0.6) is 5.75 Å². The highest BCUT2D eigenvalue weighted by Crippen LogP contribution is 2.23. The van der Waals surface area contributed by atoms with Crippen molar-refractivity contribution >= 4 is 27.3 Å². The number of hydrogen-bond acceptors (Lipinski definition) is 4. The van der Waals surface area contributed by atoms with Crippen LogP contribution in [0.4, 0.5) is 11.4 Å². The lowest BCUT2D eigenvalue weighted by Crippen LogP contribution is -2.37. The zero-order valence-electron chi connectivity index (χ0n) is 15.4. The minimum atomic E-state index is -3.62. The molecule has 0 spiro atoms. The van der Waals surface area contributed by atoms with E-state index in [1.807, 2.05) is 39.0 Å². The Kier molecular flexibility index (Phi) is 6.26. The third-order valence-corrected chi connectivity index (χ3v) is 5.01. The van der Waals surface area contributed by atoms with Gasteiger partial charge in [0.1, 0.15) is 12.3 Å².